The highest BCUT2D eigenvalue weighted by atomic mass is 35.5. The van der Waals surface area contributed by atoms with E-state index in [-0.39, 0.29) is 30.5 Å². The fraction of sp³-hybridized carbons (Fsp3) is 0.364. The molecule has 3 N–H and O–H groups in total. The van der Waals surface area contributed by atoms with Gasteiger partial charge in [0.05, 0.1) is 0 Å². The lowest BCUT2D eigenvalue weighted by Gasteiger charge is -2.25. The molecule has 1 aliphatic heterocycles. The Bertz CT molecular complexity index is 859. The zero-order valence-electron chi connectivity index (χ0n) is 16.1. The first-order chi connectivity index (χ1) is 13.9. The number of nitrogens with one attached hydrogen (secondary N) is 1. The molecule has 5 nitrogen and oxygen atoms in total. The molecule has 2 aromatic rings. The van der Waals surface area contributed by atoms with Crippen molar-refractivity contribution in [1.29, 1.82) is 0 Å². The molecule has 29 heavy (non-hydrogen) atoms. The van der Waals surface area contributed by atoms with Gasteiger partial charge < -0.3 is 16.0 Å². The number of rotatable bonds is 7. The van der Waals surface area contributed by atoms with E-state index in [9.17, 15) is 14.0 Å². The number of halogens is 2. The molecule has 1 aliphatic rings. The fourth-order valence-electron chi connectivity index (χ4n) is 3.61. The van der Waals surface area contributed by atoms with Crippen molar-refractivity contribution in [3.05, 3.63) is 70.5 Å². The zero-order valence-corrected chi connectivity index (χ0v) is 16.9. The molecular formula is C22H25ClFN3O2. The third-order valence-electron chi connectivity index (χ3n) is 5.13. The third kappa shape index (κ3) is 5.78. The van der Waals surface area contributed by atoms with Gasteiger partial charge in [-0.1, -0.05) is 41.9 Å². The van der Waals surface area contributed by atoms with Crippen LogP contribution < -0.4 is 11.1 Å². The highest BCUT2D eigenvalue weighted by molar-refractivity contribution is 6.30. The van der Waals surface area contributed by atoms with Crippen LogP contribution in [0.2, 0.25) is 5.02 Å². The smallest absolute Gasteiger partial charge is 0.243 e. The molecule has 0 unspecified atom stereocenters. The Labute approximate surface area is 175 Å². The Morgan fingerprint density at radius 2 is 1.93 bits per heavy atom. The molecule has 0 saturated carbocycles. The van der Waals surface area contributed by atoms with Crippen molar-refractivity contribution in [2.75, 3.05) is 6.54 Å². The Morgan fingerprint density at radius 1 is 1.21 bits per heavy atom. The molecule has 1 saturated heterocycles. The first-order valence-corrected chi connectivity index (χ1v) is 10.1. The second-order valence-corrected chi connectivity index (χ2v) is 7.79. The van der Waals surface area contributed by atoms with Gasteiger partial charge in [-0.2, -0.15) is 0 Å². The number of likely N-dealkylation sites (tertiary alicyclic amines) is 1. The topological polar surface area (TPSA) is 75.4 Å². The van der Waals surface area contributed by atoms with Gasteiger partial charge in [-0.15, -0.1) is 0 Å². The Kier molecular flexibility index (Phi) is 7.23. The summed E-state index contributed by atoms with van der Waals surface area (Å²) in [6.45, 7) is 0.908. The van der Waals surface area contributed by atoms with Crippen LogP contribution in [0.1, 0.15) is 30.4 Å². The number of hydrogen-bond acceptors (Lipinski definition) is 3. The molecule has 1 fully saturated rings. The fourth-order valence-corrected chi connectivity index (χ4v) is 3.73. The van der Waals surface area contributed by atoms with Crippen LogP contribution in [0.3, 0.4) is 0 Å². The average Bonchev–Trinajstić information content (AvgIpc) is 3.19. The monoisotopic (exact) mass is 417 g/mol. The zero-order chi connectivity index (χ0) is 20.8. The van der Waals surface area contributed by atoms with Crippen molar-refractivity contribution in [1.82, 2.24) is 10.2 Å². The van der Waals surface area contributed by atoms with Crippen LogP contribution in [-0.2, 0) is 22.6 Å². The van der Waals surface area contributed by atoms with Gasteiger partial charge in [-0.05, 0) is 48.6 Å². The normalized spacial score (nSPS) is 17.2. The van der Waals surface area contributed by atoms with Crippen LogP contribution in [-0.4, -0.2) is 35.3 Å². The van der Waals surface area contributed by atoms with Gasteiger partial charge in [-0.25, -0.2) is 4.39 Å². The molecule has 0 aromatic heterocycles. The molecule has 3 rings (SSSR count). The van der Waals surface area contributed by atoms with Gasteiger partial charge >= 0.3 is 0 Å². The molecule has 0 bridgehead atoms. The van der Waals surface area contributed by atoms with Crippen molar-refractivity contribution in [2.24, 2.45) is 5.73 Å². The Morgan fingerprint density at radius 3 is 2.66 bits per heavy atom. The standard InChI is InChI=1S/C22H25ClFN3O2/c23-17-9-7-15(8-10-17)14-26-22(29)20-6-3-11-27(20)21(28)13-18(25)12-16-4-1-2-5-19(16)24/h1-2,4-5,7-10,18,20H,3,6,11-14,25H2,(H,26,29)/t18-,20+/m1/s1. The van der Waals surface area contributed by atoms with Crippen molar-refractivity contribution in [3.63, 3.8) is 0 Å². The Hall–Kier alpha value is -2.44. The third-order valence-corrected chi connectivity index (χ3v) is 5.38. The number of carbonyl (C=O) groups is 2. The van der Waals surface area contributed by atoms with E-state index in [2.05, 4.69) is 5.32 Å². The second-order valence-electron chi connectivity index (χ2n) is 7.35. The minimum absolute atomic E-state index is 0.0787. The van der Waals surface area contributed by atoms with Crippen LogP contribution in [0.15, 0.2) is 48.5 Å². The van der Waals surface area contributed by atoms with E-state index in [0.29, 0.717) is 30.1 Å². The average molecular weight is 418 g/mol. The molecule has 0 radical (unpaired) electrons. The van der Waals surface area contributed by atoms with Gasteiger partial charge in [0.2, 0.25) is 11.8 Å². The lowest BCUT2D eigenvalue weighted by atomic mass is 10.0. The first-order valence-electron chi connectivity index (χ1n) is 9.74. The summed E-state index contributed by atoms with van der Waals surface area (Å²) < 4.78 is 13.8. The highest BCUT2D eigenvalue weighted by Gasteiger charge is 2.34. The molecule has 0 aliphatic carbocycles. The summed E-state index contributed by atoms with van der Waals surface area (Å²) >= 11 is 5.87. The summed E-state index contributed by atoms with van der Waals surface area (Å²) in [5.74, 6) is -0.664. The maximum Gasteiger partial charge on any atom is 0.243 e. The molecular weight excluding hydrogens is 393 g/mol. The molecule has 2 amide bonds. The number of carbonyl (C=O) groups excluding carboxylic acids is 2. The number of amides is 2. The lowest BCUT2D eigenvalue weighted by Crippen LogP contribution is -2.47. The van der Waals surface area contributed by atoms with Crippen LogP contribution in [0.5, 0.6) is 0 Å². The van der Waals surface area contributed by atoms with Crippen LogP contribution in [0.4, 0.5) is 4.39 Å². The van der Waals surface area contributed by atoms with Crippen molar-refractivity contribution >= 4 is 23.4 Å². The SMILES string of the molecule is N[C@@H](CC(=O)N1CCC[C@H]1C(=O)NCc1ccc(Cl)cc1)Cc1ccccc1F. The van der Waals surface area contributed by atoms with E-state index in [1.807, 2.05) is 12.1 Å². The number of hydrogen-bond donors (Lipinski definition) is 2. The Balaban J connectivity index is 1.53. The minimum Gasteiger partial charge on any atom is -0.350 e. The molecule has 2 atom stereocenters. The van der Waals surface area contributed by atoms with E-state index in [0.717, 1.165) is 12.0 Å². The van der Waals surface area contributed by atoms with Crippen molar-refractivity contribution in [3.8, 4) is 0 Å². The van der Waals surface area contributed by atoms with E-state index >= 15 is 0 Å². The van der Waals surface area contributed by atoms with Crippen LogP contribution in [0.25, 0.3) is 0 Å². The summed E-state index contributed by atoms with van der Waals surface area (Å²) in [6, 6.07) is 12.7. The maximum absolute atomic E-state index is 13.8. The summed E-state index contributed by atoms with van der Waals surface area (Å²) in [7, 11) is 0. The predicted molar refractivity (Wildman–Crippen MR) is 111 cm³/mol. The highest BCUT2D eigenvalue weighted by Crippen LogP contribution is 2.20. The molecule has 7 heteroatoms. The van der Waals surface area contributed by atoms with Crippen LogP contribution >= 0.6 is 11.6 Å². The molecule has 154 valence electrons. The quantitative estimate of drug-likeness (QED) is 0.727. The maximum atomic E-state index is 13.8. The number of nitrogens with zero attached hydrogens (tertiary/aromatic N) is 1. The van der Waals surface area contributed by atoms with E-state index < -0.39 is 12.1 Å². The summed E-state index contributed by atoms with van der Waals surface area (Å²) in [4.78, 5) is 26.9. The lowest BCUT2D eigenvalue weighted by molar-refractivity contribution is -0.138. The molecule has 2 aromatic carbocycles. The molecule has 0 spiro atoms. The van der Waals surface area contributed by atoms with Gasteiger partial charge in [-0.3, -0.25) is 9.59 Å². The predicted octanol–water partition coefficient (Wildman–Crippen LogP) is 3.05. The minimum atomic E-state index is -0.502. The van der Waals surface area contributed by atoms with Gasteiger partial charge in [0, 0.05) is 30.6 Å². The van der Waals surface area contributed by atoms with E-state index in [1.54, 1.807) is 35.2 Å². The largest absolute Gasteiger partial charge is 0.350 e. The summed E-state index contributed by atoms with van der Waals surface area (Å²) in [5.41, 5.74) is 7.51. The summed E-state index contributed by atoms with van der Waals surface area (Å²) in [6.07, 6.45) is 1.75. The number of benzene rings is 2. The van der Waals surface area contributed by atoms with Crippen LogP contribution in [0, 0.1) is 5.82 Å². The van der Waals surface area contributed by atoms with Crippen molar-refractivity contribution < 1.29 is 14.0 Å². The van der Waals surface area contributed by atoms with Crippen molar-refractivity contribution in [2.45, 2.75) is 44.3 Å². The van der Waals surface area contributed by atoms with Gasteiger partial charge in [0.15, 0.2) is 0 Å². The van der Waals surface area contributed by atoms with E-state index in [1.165, 1.54) is 6.07 Å². The number of nitrogens with two attached hydrogens (primary N) is 1. The second kappa shape index (κ2) is 9.85. The molecule has 1 heterocycles. The van der Waals surface area contributed by atoms with Gasteiger partial charge in [0.1, 0.15) is 11.9 Å². The summed E-state index contributed by atoms with van der Waals surface area (Å²) in [5, 5.41) is 3.53. The van der Waals surface area contributed by atoms with Gasteiger partial charge in [0.25, 0.3) is 0 Å². The van der Waals surface area contributed by atoms with E-state index in [4.69, 9.17) is 17.3 Å². The first kappa shape index (κ1) is 21.3.